The number of aromatic amines is 1. The Morgan fingerprint density at radius 2 is 1.81 bits per heavy atom. The highest BCUT2D eigenvalue weighted by molar-refractivity contribution is 5.55. The zero-order valence-electron chi connectivity index (χ0n) is 15.4. The van der Waals surface area contributed by atoms with Gasteiger partial charge in [0.25, 0.3) is 5.56 Å². The predicted octanol–water partition coefficient (Wildman–Crippen LogP) is 1.50. The first-order valence-electron chi connectivity index (χ1n) is 9.43. The van der Waals surface area contributed by atoms with Crippen LogP contribution in [0.5, 0.6) is 0 Å². The van der Waals surface area contributed by atoms with Gasteiger partial charge < -0.3 is 10.1 Å². The number of aliphatic hydroxyl groups excluding tert-OH is 1. The Kier molecular flexibility index (Phi) is 6.55. The summed E-state index contributed by atoms with van der Waals surface area (Å²) in [6.07, 6.45) is 1.79. The lowest BCUT2D eigenvalue weighted by Crippen LogP contribution is -2.46. The first-order chi connectivity index (χ1) is 12.7. The van der Waals surface area contributed by atoms with Crippen LogP contribution < -0.4 is 5.56 Å². The summed E-state index contributed by atoms with van der Waals surface area (Å²) in [5, 5.41) is 9.02. The van der Waals surface area contributed by atoms with Crippen LogP contribution in [0, 0.1) is 0 Å². The lowest BCUT2D eigenvalue weighted by molar-refractivity contribution is 0.108. The third-order valence-corrected chi connectivity index (χ3v) is 4.82. The van der Waals surface area contributed by atoms with E-state index in [1.165, 1.54) is 5.56 Å². The second-order valence-corrected chi connectivity index (χ2v) is 6.87. The highest BCUT2D eigenvalue weighted by atomic mass is 16.3. The molecule has 0 unspecified atom stereocenters. The van der Waals surface area contributed by atoms with E-state index in [-0.39, 0.29) is 12.2 Å². The maximum Gasteiger partial charge on any atom is 0.251 e. The van der Waals surface area contributed by atoms with Crippen molar-refractivity contribution in [3.05, 3.63) is 51.9 Å². The lowest BCUT2D eigenvalue weighted by atomic mass is 10.1. The van der Waals surface area contributed by atoms with Crippen LogP contribution in [0.2, 0.25) is 0 Å². The fourth-order valence-electron chi connectivity index (χ4n) is 3.37. The van der Waals surface area contributed by atoms with Gasteiger partial charge in [0.15, 0.2) is 0 Å². The molecule has 1 fully saturated rings. The number of nitrogens with zero attached hydrogens (tertiary/aromatic N) is 3. The smallest absolute Gasteiger partial charge is 0.251 e. The average Bonchev–Trinajstić information content (AvgIpc) is 2.64. The van der Waals surface area contributed by atoms with Crippen molar-refractivity contribution in [3.8, 4) is 11.4 Å². The molecule has 140 valence electrons. The summed E-state index contributed by atoms with van der Waals surface area (Å²) < 4.78 is 0. The minimum atomic E-state index is -0.0942. The highest BCUT2D eigenvalue weighted by Crippen LogP contribution is 2.17. The van der Waals surface area contributed by atoms with E-state index >= 15 is 0 Å². The van der Waals surface area contributed by atoms with Gasteiger partial charge in [-0.15, -0.1) is 0 Å². The van der Waals surface area contributed by atoms with E-state index in [0.717, 1.165) is 63.4 Å². The second-order valence-electron chi connectivity index (χ2n) is 6.87. The number of aryl methyl sites for hydroxylation is 1. The standard InChI is InChI=1S/C20H28N4O2/c1-2-3-18-14-19(26)22-20(21-18)17-6-4-16(5-7-17)15-24-10-8-23(9-11-24)12-13-25/h4-7,14,25H,2-3,8-13,15H2,1H3,(H,21,22,26). The molecule has 3 rings (SSSR count). The van der Waals surface area contributed by atoms with Crippen LogP contribution in [0.1, 0.15) is 24.6 Å². The minimum Gasteiger partial charge on any atom is -0.395 e. The minimum absolute atomic E-state index is 0.0942. The van der Waals surface area contributed by atoms with Crippen molar-refractivity contribution < 1.29 is 5.11 Å². The van der Waals surface area contributed by atoms with Gasteiger partial charge in [0.2, 0.25) is 0 Å². The molecule has 6 nitrogen and oxygen atoms in total. The summed E-state index contributed by atoms with van der Waals surface area (Å²) in [6, 6.07) is 9.87. The van der Waals surface area contributed by atoms with Crippen molar-refractivity contribution in [2.24, 2.45) is 0 Å². The zero-order chi connectivity index (χ0) is 18.4. The molecule has 26 heavy (non-hydrogen) atoms. The molecular weight excluding hydrogens is 328 g/mol. The van der Waals surface area contributed by atoms with E-state index in [1.807, 2.05) is 12.1 Å². The monoisotopic (exact) mass is 356 g/mol. The van der Waals surface area contributed by atoms with Crippen LogP contribution in [-0.2, 0) is 13.0 Å². The molecule has 0 bridgehead atoms. The normalized spacial score (nSPS) is 16.1. The summed E-state index contributed by atoms with van der Waals surface area (Å²) in [5.41, 5.74) is 2.95. The molecule has 6 heteroatoms. The van der Waals surface area contributed by atoms with Crippen LogP contribution in [0.3, 0.4) is 0 Å². The molecule has 0 saturated carbocycles. The molecule has 0 aliphatic carbocycles. The molecule has 2 aromatic rings. The van der Waals surface area contributed by atoms with Crippen molar-refractivity contribution in [3.63, 3.8) is 0 Å². The Morgan fingerprint density at radius 3 is 2.46 bits per heavy atom. The van der Waals surface area contributed by atoms with Crippen molar-refractivity contribution in [2.45, 2.75) is 26.3 Å². The SMILES string of the molecule is CCCc1cc(=O)[nH]c(-c2ccc(CN3CCN(CCO)CC3)cc2)n1. The van der Waals surface area contributed by atoms with Crippen LogP contribution in [-0.4, -0.2) is 64.2 Å². The number of benzene rings is 1. The number of rotatable bonds is 7. The molecule has 1 aromatic heterocycles. The largest absolute Gasteiger partial charge is 0.395 e. The van der Waals surface area contributed by atoms with E-state index in [2.05, 4.69) is 38.8 Å². The first kappa shape index (κ1) is 18.8. The van der Waals surface area contributed by atoms with Crippen molar-refractivity contribution >= 4 is 0 Å². The Hall–Kier alpha value is -2.02. The van der Waals surface area contributed by atoms with Gasteiger partial charge in [0.05, 0.1) is 6.61 Å². The Bertz CT molecular complexity index is 749. The molecule has 0 radical (unpaired) electrons. The number of hydrogen-bond acceptors (Lipinski definition) is 5. The maximum atomic E-state index is 11.8. The number of hydrogen-bond donors (Lipinski definition) is 2. The van der Waals surface area contributed by atoms with E-state index in [1.54, 1.807) is 6.07 Å². The summed E-state index contributed by atoms with van der Waals surface area (Å²) >= 11 is 0. The number of H-pyrrole nitrogens is 1. The van der Waals surface area contributed by atoms with Gasteiger partial charge in [-0.05, 0) is 12.0 Å². The fraction of sp³-hybridized carbons (Fsp3) is 0.500. The van der Waals surface area contributed by atoms with Gasteiger partial charge in [-0.1, -0.05) is 37.6 Å². The van der Waals surface area contributed by atoms with Gasteiger partial charge in [-0.3, -0.25) is 14.6 Å². The van der Waals surface area contributed by atoms with Gasteiger partial charge in [-0.25, -0.2) is 4.98 Å². The van der Waals surface area contributed by atoms with Gasteiger partial charge in [-0.2, -0.15) is 0 Å². The van der Waals surface area contributed by atoms with Gasteiger partial charge >= 0.3 is 0 Å². The molecule has 1 aliphatic rings. The Morgan fingerprint density at radius 1 is 1.12 bits per heavy atom. The molecule has 2 N–H and O–H groups in total. The van der Waals surface area contributed by atoms with Gasteiger partial charge in [0, 0.05) is 56.6 Å². The number of β-amino-alcohol motifs (C(OH)–C–C–N with tert-alkyl or cyclic N) is 1. The summed E-state index contributed by atoms with van der Waals surface area (Å²) in [4.78, 5) is 24.0. The van der Waals surface area contributed by atoms with E-state index in [4.69, 9.17) is 5.11 Å². The fourth-order valence-corrected chi connectivity index (χ4v) is 3.37. The predicted molar refractivity (Wildman–Crippen MR) is 103 cm³/mol. The summed E-state index contributed by atoms with van der Waals surface area (Å²) in [5.74, 6) is 0.644. The molecule has 0 amide bonds. The Labute approximate surface area is 154 Å². The van der Waals surface area contributed by atoms with Crippen LogP contribution >= 0.6 is 0 Å². The van der Waals surface area contributed by atoms with Crippen molar-refractivity contribution in [1.82, 2.24) is 19.8 Å². The highest BCUT2D eigenvalue weighted by Gasteiger charge is 2.16. The van der Waals surface area contributed by atoms with Crippen LogP contribution in [0.15, 0.2) is 35.1 Å². The number of nitrogens with one attached hydrogen (secondary N) is 1. The number of aliphatic hydroxyl groups is 1. The Balaban J connectivity index is 1.63. The summed E-state index contributed by atoms with van der Waals surface area (Å²) in [7, 11) is 0. The third-order valence-electron chi connectivity index (χ3n) is 4.82. The molecule has 2 heterocycles. The molecular formula is C20H28N4O2. The molecule has 0 atom stereocenters. The van der Waals surface area contributed by atoms with Crippen molar-refractivity contribution in [2.75, 3.05) is 39.3 Å². The van der Waals surface area contributed by atoms with E-state index < -0.39 is 0 Å². The second kappa shape index (κ2) is 9.07. The molecule has 1 saturated heterocycles. The third kappa shape index (κ3) is 5.00. The molecule has 1 aromatic carbocycles. The number of aromatic nitrogens is 2. The molecule has 1 aliphatic heterocycles. The van der Waals surface area contributed by atoms with Crippen LogP contribution in [0.25, 0.3) is 11.4 Å². The van der Waals surface area contributed by atoms with Crippen LogP contribution in [0.4, 0.5) is 0 Å². The topological polar surface area (TPSA) is 72.5 Å². The molecule has 0 spiro atoms. The average molecular weight is 356 g/mol. The quantitative estimate of drug-likeness (QED) is 0.787. The van der Waals surface area contributed by atoms with E-state index in [0.29, 0.717) is 5.82 Å². The summed E-state index contributed by atoms with van der Waals surface area (Å²) in [6.45, 7) is 8.07. The van der Waals surface area contributed by atoms with Gasteiger partial charge in [0.1, 0.15) is 5.82 Å². The zero-order valence-corrected chi connectivity index (χ0v) is 15.4. The maximum absolute atomic E-state index is 11.8. The lowest BCUT2D eigenvalue weighted by Gasteiger charge is -2.34. The number of piperazine rings is 1. The van der Waals surface area contributed by atoms with Crippen molar-refractivity contribution in [1.29, 1.82) is 0 Å². The van der Waals surface area contributed by atoms with E-state index in [9.17, 15) is 4.79 Å². The first-order valence-corrected chi connectivity index (χ1v) is 9.43.